The van der Waals surface area contributed by atoms with E-state index >= 15 is 0 Å². The van der Waals surface area contributed by atoms with Gasteiger partial charge in [0, 0.05) is 37.9 Å². The van der Waals surface area contributed by atoms with Crippen molar-refractivity contribution >= 4 is 11.7 Å². The van der Waals surface area contributed by atoms with Gasteiger partial charge in [-0.05, 0) is 55.0 Å². The molecule has 0 saturated carbocycles. The molecule has 1 aliphatic heterocycles. The first-order chi connectivity index (χ1) is 13.5. The third-order valence-electron chi connectivity index (χ3n) is 5.18. The molecule has 28 heavy (non-hydrogen) atoms. The fourth-order valence-corrected chi connectivity index (χ4v) is 3.83. The fourth-order valence-electron chi connectivity index (χ4n) is 3.83. The van der Waals surface area contributed by atoms with E-state index in [1.807, 2.05) is 6.07 Å². The lowest BCUT2D eigenvalue weighted by Gasteiger charge is -2.33. The quantitative estimate of drug-likeness (QED) is 0.769. The SMILES string of the molecule is CNC(=O)c1ccnc(N[C@@H]2CCCN(Cc3ccc(CC(C)C)cc3)C2)c1. The van der Waals surface area contributed by atoms with Gasteiger partial charge in [-0.25, -0.2) is 4.98 Å². The van der Waals surface area contributed by atoms with Crippen molar-refractivity contribution in [1.29, 1.82) is 0 Å². The molecule has 3 rings (SSSR count). The lowest BCUT2D eigenvalue weighted by atomic mass is 10.0. The molecule has 2 N–H and O–H groups in total. The average Bonchev–Trinajstić information content (AvgIpc) is 2.69. The van der Waals surface area contributed by atoms with Crippen LogP contribution in [0.1, 0.15) is 48.2 Å². The number of benzene rings is 1. The average molecular weight is 381 g/mol. The smallest absolute Gasteiger partial charge is 0.251 e. The Bertz CT molecular complexity index is 772. The van der Waals surface area contributed by atoms with Crippen molar-refractivity contribution in [2.75, 3.05) is 25.5 Å². The molecule has 0 unspecified atom stereocenters. The van der Waals surface area contributed by atoms with Gasteiger partial charge in [-0.2, -0.15) is 0 Å². The number of rotatable bonds is 7. The topological polar surface area (TPSA) is 57.3 Å². The first-order valence-corrected chi connectivity index (χ1v) is 10.3. The Morgan fingerprint density at radius 3 is 2.68 bits per heavy atom. The van der Waals surface area contributed by atoms with Crippen molar-refractivity contribution in [2.45, 2.75) is 45.7 Å². The molecule has 1 aromatic carbocycles. The highest BCUT2D eigenvalue weighted by Gasteiger charge is 2.20. The van der Waals surface area contributed by atoms with Gasteiger partial charge < -0.3 is 10.6 Å². The van der Waals surface area contributed by atoms with Gasteiger partial charge >= 0.3 is 0 Å². The molecule has 1 fully saturated rings. The van der Waals surface area contributed by atoms with E-state index in [0.29, 0.717) is 17.5 Å². The highest BCUT2D eigenvalue weighted by atomic mass is 16.1. The first-order valence-electron chi connectivity index (χ1n) is 10.3. The van der Waals surface area contributed by atoms with E-state index in [1.54, 1.807) is 19.3 Å². The summed E-state index contributed by atoms with van der Waals surface area (Å²) in [6.45, 7) is 7.60. The molecule has 5 nitrogen and oxygen atoms in total. The molecule has 0 radical (unpaired) electrons. The Morgan fingerprint density at radius 1 is 1.21 bits per heavy atom. The molecule has 2 heterocycles. The second-order valence-corrected chi connectivity index (χ2v) is 8.14. The zero-order chi connectivity index (χ0) is 19.9. The van der Waals surface area contributed by atoms with Crippen LogP contribution in [0.15, 0.2) is 42.6 Å². The van der Waals surface area contributed by atoms with E-state index in [0.717, 1.165) is 44.7 Å². The van der Waals surface area contributed by atoms with Crippen molar-refractivity contribution in [2.24, 2.45) is 5.92 Å². The zero-order valence-corrected chi connectivity index (χ0v) is 17.2. The fraction of sp³-hybridized carbons (Fsp3) is 0.478. The molecule has 0 spiro atoms. The van der Waals surface area contributed by atoms with E-state index in [2.05, 4.69) is 58.6 Å². The summed E-state index contributed by atoms with van der Waals surface area (Å²) in [4.78, 5) is 18.7. The summed E-state index contributed by atoms with van der Waals surface area (Å²) in [6.07, 6.45) is 5.11. The van der Waals surface area contributed by atoms with Crippen molar-refractivity contribution < 1.29 is 4.79 Å². The van der Waals surface area contributed by atoms with E-state index in [4.69, 9.17) is 0 Å². The van der Waals surface area contributed by atoms with Gasteiger partial charge in [-0.15, -0.1) is 0 Å². The monoisotopic (exact) mass is 380 g/mol. The number of nitrogens with one attached hydrogen (secondary N) is 2. The number of likely N-dealkylation sites (tertiary alicyclic amines) is 1. The number of nitrogens with zero attached hydrogens (tertiary/aromatic N) is 2. The van der Waals surface area contributed by atoms with Crippen LogP contribution < -0.4 is 10.6 Å². The van der Waals surface area contributed by atoms with Crippen LogP contribution >= 0.6 is 0 Å². The van der Waals surface area contributed by atoms with Crippen LogP contribution in [-0.4, -0.2) is 42.0 Å². The molecule has 1 aromatic heterocycles. The Hall–Kier alpha value is -2.40. The first kappa shape index (κ1) is 20.3. The van der Waals surface area contributed by atoms with Crippen LogP contribution in [0, 0.1) is 5.92 Å². The third kappa shape index (κ3) is 5.80. The molecule has 5 heteroatoms. The molecule has 2 aromatic rings. The van der Waals surface area contributed by atoms with Gasteiger partial charge in [-0.3, -0.25) is 9.69 Å². The Labute approximate surface area is 168 Å². The molecule has 1 aliphatic rings. The van der Waals surface area contributed by atoms with Crippen molar-refractivity contribution in [3.63, 3.8) is 0 Å². The van der Waals surface area contributed by atoms with Gasteiger partial charge in [0.2, 0.25) is 0 Å². The minimum atomic E-state index is -0.0864. The molecule has 0 bridgehead atoms. The second kappa shape index (κ2) is 9.69. The van der Waals surface area contributed by atoms with E-state index in [1.165, 1.54) is 11.1 Å². The Balaban J connectivity index is 1.56. The van der Waals surface area contributed by atoms with E-state index in [9.17, 15) is 4.79 Å². The van der Waals surface area contributed by atoms with Crippen LogP contribution in [0.25, 0.3) is 0 Å². The summed E-state index contributed by atoms with van der Waals surface area (Å²) in [6, 6.07) is 13.0. The van der Waals surface area contributed by atoms with Crippen LogP contribution in [0.3, 0.4) is 0 Å². The number of aromatic nitrogens is 1. The molecular weight excluding hydrogens is 348 g/mol. The van der Waals surface area contributed by atoms with Crippen molar-refractivity contribution in [3.05, 3.63) is 59.3 Å². The summed E-state index contributed by atoms with van der Waals surface area (Å²) in [5.41, 5.74) is 3.42. The molecule has 1 atom stereocenters. The maximum absolute atomic E-state index is 11.8. The summed E-state index contributed by atoms with van der Waals surface area (Å²) < 4.78 is 0. The Kier molecular flexibility index (Phi) is 7.04. The maximum atomic E-state index is 11.8. The number of hydrogen-bond donors (Lipinski definition) is 2. The highest BCUT2D eigenvalue weighted by molar-refractivity contribution is 5.94. The predicted octanol–water partition coefficient (Wildman–Crippen LogP) is 3.72. The van der Waals surface area contributed by atoms with Gasteiger partial charge in [0.25, 0.3) is 5.91 Å². The second-order valence-electron chi connectivity index (χ2n) is 8.14. The zero-order valence-electron chi connectivity index (χ0n) is 17.2. The Morgan fingerprint density at radius 2 is 1.96 bits per heavy atom. The molecule has 1 saturated heterocycles. The van der Waals surface area contributed by atoms with Crippen LogP contribution in [0.2, 0.25) is 0 Å². The third-order valence-corrected chi connectivity index (χ3v) is 5.18. The minimum absolute atomic E-state index is 0.0864. The lowest BCUT2D eigenvalue weighted by molar-refractivity contribution is 0.0963. The summed E-state index contributed by atoms with van der Waals surface area (Å²) in [7, 11) is 1.64. The highest BCUT2D eigenvalue weighted by Crippen LogP contribution is 2.18. The largest absolute Gasteiger partial charge is 0.366 e. The van der Waals surface area contributed by atoms with Crippen LogP contribution in [0.4, 0.5) is 5.82 Å². The van der Waals surface area contributed by atoms with Crippen LogP contribution in [-0.2, 0) is 13.0 Å². The predicted molar refractivity (Wildman–Crippen MR) is 115 cm³/mol. The van der Waals surface area contributed by atoms with Gasteiger partial charge in [0.05, 0.1) is 0 Å². The summed E-state index contributed by atoms with van der Waals surface area (Å²) in [5.74, 6) is 1.37. The normalized spacial score (nSPS) is 17.5. The van der Waals surface area contributed by atoms with Gasteiger partial charge in [0.15, 0.2) is 0 Å². The number of pyridine rings is 1. The summed E-state index contributed by atoms with van der Waals surface area (Å²) >= 11 is 0. The van der Waals surface area contributed by atoms with E-state index < -0.39 is 0 Å². The summed E-state index contributed by atoms with van der Waals surface area (Å²) in [5, 5.41) is 6.17. The molecule has 0 aliphatic carbocycles. The minimum Gasteiger partial charge on any atom is -0.366 e. The van der Waals surface area contributed by atoms with Crippen molar-refractivity contribution in [3.8, 4) is 0 Å². The number of hydrogen-bond acceptors (Lipinski definition) is 4. The number of piperidine rings is 1. The maximum Gasteiger partial charge on any atom is 0.251 e. The van der Waals surface area contributed by atoms with Crippen LogP contribution in [0.5, 0.6) is 0 Å². The standard InChI is InChI=1S/C23H32N4O/c1-17(2)13-18-6-8-19(9-7-18)15-27-12-4-5-21(16-27)26-22-14-20(10-11-25-22)23(28)24-3/h6-11,14,17,21H,4-5,12-13,15-16H2,1-3H3,(H,24,28)(H,25,26)/t21-/m1/s1. The van der Waals surface area contributed by atoms with E-state index in [-0.39, 0.29) is 5.91 Å². The lowest BCUT2D eigenvalue weighted by Crippen LogP contribution is -2.41. The molecule has 1 amide bonds. The molecule has 150 valence electrons. The number of anilines is 1. The number of amides is 1. The van der Waals surface area contributed by atoms with Crippen molar-refractivity contribution in [1.82, 2.24) is 15.2 Å². The molecular formula is C23H32N4O. The van der Waals surface area contributed by atoms with Gasteiger partial charge in [-0.1, -0.05) is 38.1 Å². The number of carbonyl (C=O) groups excluding carboxylic acids is 1. The number of carbonyl (C=O) groups is 1. The van der Waals surface area contributed by atoms with Gasteiger partial charge in [0.1, 0.15) is 5.82 Å².